The Morgan fingerprint density at radius 1 is 1.14 bits per heavy atom. The van der Waals surface area contributed by atoms with Crippen molar-refractivity contribution >= 4 is 5.91 Å². The van der Waals surface area contributed by atoms with Crippen molar-refractivity contribution in [2.75, 3.05) is 39.3 Å². The number of amides is 1. The van der Waals surface area contributed by atoms with E-state index >= 15 is 0 Å². The first-order chi connectivity index (χ1) is 10.1. The molecule has 0 aromatic rings. The number of carbonyl (C=O) groups is 1. The van der Waals surface area contributed by atoms with Gasteiger partial charge in [0.05, 0.1) is 0 Å². The summed E-state index contributed by atoms with van der Waals surface area (Å²) < 4.78 is 0. The molecule has 3 N–H and O–H groups in total. The molecule has 2 saturated carbocycles. The molecule has 0 spiro atoms. The van der Waals surface area contributed by atoms with Gasteiger partial charge in [-0.1, -0.05) is 6.92 Å². The van der Waals surface area contributed by atoms with E-state index in [4.69, 9.17) is 5.73 Å². The summed E-state index contributed by atoms with van der Waals surface area (Å²) >= 11 is 0. The van der Waals surface area contributed by atoms with Crippen molar-refractivity contribution in [3.8, 4) is 0 Å². The lowest BCUT2D eigenvalue weighted by molar-refractivity contribution is -0.126. The van der Waals surface area contributed by atoms with Crippen molar-refractivity contribution in [2.24, 2.45) is 11.7 Å². The van der Waals surface area contributed by atoms with Crippen molar-refractivity contribution in [1.29, 1.82) is 0 Å². The summed E-state index contributed by atoms with van der Waals surface area (Å²) in [6.07, 6.45) is 5.92. The van der Waals surface area contributed by atoms with Crippen molar-refractivity contribution in [2.45, 2.75) is 50.6 Å². The molecule has 1 amide bonds. The number of rotatable bonds is 8. The molecule has 5 heteroatoms. The average Bonchev–Trinajstić information content (AvgIpc) is 3.34. The monoisotopic (exact) mass is 294 g/mol. The number of nitrogens with two attached hydrogens (primary N) is 1. The fourth-order valence-electron chi connectivity index (χ4n) is 3.65. The van der Waals surface area contributed by atoms with Crippen LogP contribution in [0.3, 0.4) is 0 Å². The SMILES string of the molecule is CCCN1CCN(CC(NC2CC2)(C(N)=O)C2CC2)CC1. The lowest BCUT2D eigenvalue weighted by atomic mass is 9.90. The molecule has 0 bridgehead atoms. The molecule has 1 atom stereocenters. The highest BCUT2D eigenvalue weighted by atomic mass is 16.1. The first-order valence-electron chi connectivity index (χ1n) is 8.66. The van der Waals surface area contributed by atoms with Crippen molar-refractivity contribution < 1.29 is 4.79 Å². The summed E-state index contributed by atoms with van der Waals surface area (Å²) in [6.45, 7) is 8.61. The summed E-state index contributed by atoms with van der Waals surface area (Å²) in [6, 6.07) is 0.527. The number of nitrogens with zero attached hydrogens (tertiary/aromatic N) is 2. The molecule has 1 unspecified atom stereocenters. The van der Waals surface area contributed by atoms with E-state index in [1.54, 1.807) is 0 Å². The molecular formula is C16H30N4O. The minimum Gasteiger partial charge on any atom is -0.368 e. The molecule has 0 aromatic carbocycles. The van der Waals surface area contributed by atoms with Gasteiger partial charge in [-0.3, -0.25) is 15.0 Å². The van der Waals surface area contributed by atoms with E-state index < -0.39 is 5.54 Å². The lowest BCUT2D eigenvalue weighted by Gasteiger charge is -2.41. The van der Waals surface area contributed by atoms with Gasteiger partial charge in [-0.05, 0) is 44.6 Å². The van der Waals surface area contributed by atoms with E-state index in [-0.39, 0.29) is 5.91 Å². The Labute approximate surface area is 128 Å². The second-order valence-corrected chi connectivity index (χ2v) is 7.15. The van der Waals surface area contributed by atoms with Crippen LogP contribution in [0.4, 0.5) is 0 Å². The van der Waals surface area contributed by atoms with Gasteiger partial charge in [0.15, 0.2) is 0 Å². The van der Waals surface area contributed by atoms with Crippen molar-refractivity contribution in [3.63, 3.8) is 0 Å². The zero-order valence-corrected chi connectivity index (χ0v) is 13.3. The van der Waals surface area contributed by atoms with Crippen LogP contribution in [-0.4, -0.2) is 66.6 Å². The molecule has 3 aliphatic rings. The van der Waals surface area contributed by atoms with Crippen LogP contribution in [-0.2, 0) is 4.79 Å². The Morgan fingerprint density at radius 2 is 1.76 bits per heavy atom. The highest BCUT2D eigenvalue weighted by molar-refractivity contribution is 5.86. The first-order valence-corrected chi connectivity index (χ1v) is 8.66. The molecule has 1 aliphatic heterocycles. The van der Waals surface area contributed by atoms with E-state index in [2.05, 4.69) is 22.0 Å². The number of piperazine rings is 1. The third-order valence-electron chi connectivity index (χ3n) is 5.23. The highest BCUT2D eigenvalue weighted by Gasteiger charge is 2.52. The van der Waals surface area contributed by atoms with Gasteiger partial charge in [0, 0.05) is 38.8 Å². The number of hydrogen-bond acceptors (Lipinski definition) is 4. The molecular weight excluding hydrogens is 264 g/mol. The molecule has 0 radical (unpaired) electrons. The topological polar surface area (TPSA) is 61.6 Å². The maximum Gasteiger partial charge on any atom is 0.239 e. The van der Waals surface area contributed by atoms with Crippen LogP contribution in [0.1, 0.15) is 39.0 Å². The predicted molar refractivity (Wildman–Crippen MR) is 84.0 cm³/mol. The van der Waals surface area contributed by atoms with Gasteiger partial charge in [0.25, 0.3) is 0 Å². The minimum absolute atomic E-state index is 0.132. The Bertz CT molecular complexity index is 372. The van der Waals surface area contributed by atoms with Crippen LogP contribution in [0.15, 0.2) is 0 Å². The summed E-state index contributed by atoms with van der Waals surface area (Å²) in [7, 11) is 0. The second-order valence-electron chi connectivity index (χ2n) is 7.15. The third kappa shape index (κ3) is 3.58. The normalized spacial score (nSPS) is 27.5. The van der Waals surface area contributed by atoms with Crippen LogP contribution in [0.25, 0.3) is 0 Å². The van der Waals surface area contributed by atoms with E-state index in [9.17, 15) is 4.79 Å². The molecule has 3 fully saturated rings. The first kappa shape index (κ1) is 15.3. The van der Waals surface area contributed by atoms with Gasteiger partial charge < -0.3 is 10.6 Å². The second kappa shape index (κ2) is 6.23. The zero-order valence-electron chi connectivity index (χ0n) is 13.3. The summed E-state index contributed by atoms with van der Waals surface area (Å²) in [5.41, 5.74) is 5.38. The molecule has 21 heavy (non-hydrogen) atoms. The zero-order chi connectivity index (χ0) is 14.9. The number of nitrogens with one attached hydrogen (secondary N) is 1. The Kier molecular flexibility index (Phi) is 4.52. The van der Waals surface area contributed by atoms with E-state index in [1.807, 2.05) is 0 Å². The summed E-state index contributed by atoms with van der Waals surface area (Å²) in [5.74, 6) is 0.331. The summed E-state index contributed by atoms with van der Waals surface area (Å²) in [4.78, 5) is 17.2. The van der Waals surface area contributed by atoms with Crippen LogP contribution in [0, 0.1) is 5.92 Å². The van der Waals surface area contributed by atoms with Gasteiger partial charge in [-0.15, -0.1) is 0 Å². The molecule has 1 saturated heterocycles. The molecule has 5 nitrogen and oxygen atoms in total. The Hall–Kier alpha value is -0.650. The van der Waals surface area contributed by atoms with Gasteiger partial charge in [-0.25, -0.2) is 0 Å². The minimum atomic E-state index is -0.464. The predicted octanol–water partition coefficient (Wildman–Crippen LogP) is 0.400. The van der Waals surface area contributed by atoms with E-state index in [0.29, 0.717) is 12.0 Å². The van der Waals surface area contributed by atoms with Crippen LogP contribution >= 0.6 is 0 Å². The highest BCUT2D eigenvalue weighted by Crippen LogP contribution is 2.42. The third-order valence-corrected chi connectivity index (χ3v) is 5.23. The molecule has 3 rings (SSSR count). The van der Waals surface area contributed by atoms with Crippen molar-refractivity contribution in [3.05, 3.63) is 0 Å². The number of carbonyl (C=O) groups excluding carboxylic acids is 1. The van der Waals surface area contributed by atoms with Crippen molar-refractivity contribution in [1.82, 2.24) is 15.1 Å². The maximum absolute atomic E-state index is 12.2. The summed E-state index contributed by atoms with van der Waals surface area (Å²) in [5, 5.41) is 3.62. The molecule has 2 aliphatic carbocycles. The van der Waals surface area contributed by atoms with E-state index in [1.165, 1.54) is 25.8 Å². The number of hydrogen-bond donors (Lipinski definition) is 2. The van der Waals surface area contributed by atoms with Crippen LogP contribution in [0.5, 0.6) is 0 Å². The quantitative estimate of drug-likeness (QED) is 0.680. The van der Waals surface area contributed by atoms with Crippen LogP contribution in [0.2, 0.25) is 0 Å². The van der Waals surface area contributed by atoms with Gasteiger partial charge >= 0.3 is 0 Å². The largest absolute Gasteiger partial charge is 0.368 e. The molecule has 1 heterocycles. The van der Waals surface area contributed by atoms with Gasteiger partial charge in [-0.2, -0.15) is 0 Å². The molecule has 120 valence electrons. The fraction of sp³-hybridized carbons (Fsp3) is 0.938. The Balaban J connectivity index is 1.60. The fourth-order valence-corrected chi connectivity index (χ4v) is 3.65. The van der Waals surface area contributed by atoms with Crippen LogP contribution < -0.4 is 11.1 Å². The standard InChI is InChI=1S/C16H30N4O/c1-2-7-19-8-10-20(11-9-19)12-16(15(17)21,13-3-4-13)18-14-5-6-14/h13-14,18H,2-12H2,1H3,(H2,17,21). The van der Waals surface area contributed by atoms with Gasteiger partial charge in [0.2, 0.25) is 5.91 Å². The Morgan fingerprint density at radius 3 is 2.24 bits per heavy atom. The average molecular weight is 294 g/mol. The lowest BCUT2D eigenvalue weighted by Crippen LogP contribution is -2.65. The smallest absolute Gasteiger partial charge is 0.239 e. The maximum atomic E-state index is 12.2. The van der Waals surface area contributed by atoms with E-state index in [0.717, 1.165) is 45.6 Å². The molecule has 0 aromatic heterocycles. The van der Waals surface area contributed by atoms with Gasteiger partial charge in [0.1, 0.15) is 5.54 Å². The number of primary amides is 1.